The summed E-state index contributed by atoms with van der Waals surface area (Å²) < 4.78 is 14.9. The molecule has 3 rings (SSSR count). The van der Waals surface area contributed by atoms with E-state index in [2.05, 4.69) is 29.2 Å². The van der Waals surface area contributed by atoms with Gasteiger partial charge in [-0.2, -0.15) is 5.10 Å². The molecule has 0 bridgehead atoms. The Balaban J connectivity index is 1.65. The number of fused-ring (bicyclic) bond motifs is 1. The van der Waals surface area contributed by atoms with Gasteiger partial charge in [0.15, 0.2) is 5.65 Å². The van der Waals surface area contributed by atoms with E-state index in [-0.39, 0.29) is 11.9 Å². The van der Waals surface area contributed by atoms with Gasteiger partial charge in [0.2, 0.25) is 0 Å². The molecule has 0 aliphatic carbocycles. The fraction of sp³-hybridized carbons (Fsp3) is 0.368. The number of hydrogen-bond acceptors (Lipinski definition) is 4. The fourth-order valence-electron chi connectivity index (χ4n) is 2.82. The molecule has 1 atom stereocenters. The van der Waals surface area contributed by atoms with Gasteiger partial charge in [0, 0.05) is 30.7 Å². The standard InChI is InChI=1S/C19H23FN4O/c1-13(2)24-18-15(11-23-24)8-14(10-22-18)9-21-12-19(3,25)16-4-6-17(20)7-5-16/h4-8,10-11,13,21,25H,9,12H2,1-3H3. The Labute approximate surface area is 146 Å². The lowest BCUT2D eigenvalue weighted by atomic mass is 9.96. The average Bonchev–Trinajstić information content (AvgIpc) is 2.98. The van der Waals surface area contributed by atoms with E-state index in [0.717, 1.165) is 16.6 Å². The van der Waals surface area contributed by atoms with E-state index in [1.807, 2.05) is 23.1 Å². The van der Waals surface area contributed by atoms with Gasteiger partial charge in [-0.1, -0.05) is 12.1 Å². The normalized spacial score (nSPS) is 14.2. The Morgan fingerprint density at radius 2 is 1.96 bits per heavy atom. The van der Waals surface area contributed by atoms with Crippen molar-refractivity contribution in [3.63, 3.8) is 0 Å². The second-order valence-electron chi connectivity index (χ2n) is 6.82. The van der Waals surface area contributed by atoms with Gasteiger partial charge in [-0.15, -0.1) is 0 Å². The van der Waals surface area contributed by atoms with Crippen molar-refractivity contribution in [1.82, 2.24) is 20.1 Å². The van der Waals surface area contributed by atoms with Gasteiger partial charge in [0.25, 0.3) is 0 Å². The second-order valence-corrected chi connectivity index (χ2v) is 6.82. The molecule has 0 amide bonds. The molecule has 1 unspecified atom stereocenters. The highest BCUT2D eigenvalue weighted by atomic mass is 19.1. The first-order valence-electron chi connectivity index (χ1n) is 8.38. The predicted molar refractivity (Wildman–Crippen MR) is 95.6 cm³/mol. The highest BCUT2D eigenvalue weighted by molar-refractivity contribution is 5.75. The zero-order valence-corrected chi connectivity index (χ0v) is 14.7. The van der Waals surface area contributed by atoms with Gasteiger partial charge in [-0.05, 0) is 50.1 Å². The fourth-order valence-corrected chi connectivity index (χ4v) is 2.82. The van der Waals surface area contributed by atoms with Gasteiger partial charge in [-0.25, -0.2) is 14.1 Å². The van der Waals surface area contributed by atoms with Crippen LogP contribution in [0.3, 0.4) is 0 Å². The summed E-state index contributed by atoms with van der Waals surface area (Å²) in [6.07, 6.45) is 3.64. The number of benzene rings is 1. The molecule has 2 aromatic heterocycles. The van der Waals surface area contributed by atoms with E-state index in [9.17, 15) is 9.50 Å². The lowest BCUT2D eigenvalue weighted by molar-refractivity contribution is 0.0566. The summed E-state index contributed by atoms with van der Waals surface area (Å²) in [5, 5.41) is 19.2. The predicted octanol–water partition coefficient (Wildman–Crippen LogP) is 3.15. The molecule has 3 aromatic rings. The summed E-state index contributed by atoms with van der Waals surface area (Å²) in [7, 11) is 0. The van der Waals surface area contributed by atoms with Crippen molar-refractivity contribution in [2.45, 2.75) is 39.0 Å². The van der Waals surface area contributed by atoms with Gasteiger partial charge < -0.3 is 10.4 Å². The van der Waals surface area contributed by atoms with Crippen molar-refractivity contribution in [2.24, 2.45) is 0 Å². The van der Waals surface area contributed by atoms with Gasteiger partial charge in [-0.3, -0.25) is 0 Å². The molecule has 2 heterocycles. The van der Waals surface area contributed by atoms with Crippen LogP contribution in [-0.4, -0.2) is 26.4 Å². The molecule has 0 aliphatic heterocycles. The minimum atomic E-state index is -1.08. The molecule has 0 saturated carbocycles. The highest BCUT2D eigenvalue weighted by Gasteiger charge is 2.22. The van der Waals surface area contributed by atoms with Crippen molar-refractivity contribution >= 4 is 11.0 Å². The van der Waals surface area contributed by atoms with Crippen LogP contribution in [-0.2, 0) is 12.1 Å². The number of aliphatic hydroxyl groups is 1. The quantitative estimate of drug-likeness (QED) is 0.722. The topological polar surface area (TPSA) is 63.0 Å². The number of rotatable bonds is 6. The second kappa shape index (κ2) is 6.90. The SMILES string of the molecule is CC(C)n1ncc2cc(CNCC(C)(O)c3ccc(F)cc3)cnc21. The first-order valence-corrected chi connectivity index (χ1v) is 8.38. The van der Waals surface area contributed by atoms with Crippen LogP contribution >= 0.6 is 0 Å². The zero-order chi connectivity index (χ0) is 18.0. The van der Waals surface area contributed by atoms with Crippen molar-refractivity contribution in [1.29, 1.82) is 0 Å². The monoisotopic (exact) mass is 342 g/mol. The molecule has 5 nitrogen and oxygen atoms in total. The molecular weight excluding hydrogens is 319 g/mol. The van der Waals surface area contributed by atoms with Gasteiger partial charge in [0.1, 0.15) is 5.82 Å². The third kappa shape index (κ3) is 3.86. The number of halogens is 1. The Kier molecular flexibility index (Phi) is 4.83. The van der Waals surface area contributed by atoms with Gasteiger partial charge >= 0.3 is 0 Å². The van der Waals surface area contributed by atoms with E-state index in [1.165, 1.54) is 12.1 Å². The van der Waals surface area contributed by atoms with Crippen LogP contribution in [0.25, 0.3) is 11.0 Å². The smallest absolute Gasteiger partial charge is 0.157 e. The lowest BCUT2D eigenvalue weighted by Crippen LogP contribution is -2.35. The van der Waals surface area contributed by atoms with E-state index in [4.69, 9.17) is 0 Å². The van der Waals surface area contributed by atoms with Crippen LogP contribution < -0.4 is 5.32 Å². The molecule has 0 saturated heterocycles. The summed E-state index contributed by atoms with van der Waals surface area (Å²) in [6, 6.07) is 8.23. The van der Waals surface area contributed by atoms with Crippen LogP contribution in [0.15, 0.2) is 42.7 Å². The van der Waals surface area contributed by atoms with E-state index in [1.54, 1.807) is 19.1 Å². The third-order valence-corrected chi connectivity index (χ3v) is 4.24. The van der Waals surface area contributed by atoms with E-state index >= 15 is 0 Å². The Morgan fingerprint density at radius 3 is 2.64 bits per heavy atom. The van der Waals surface area contributed by atoms with Crippen molar-refractivity contribution in [3.8, 4) is 0 Å². The van der Waals surface area contributed by atoms with Crippen molar-refractivity contribution in [3.05, 3.63) is 59.7 Å². The summed E-state index contributed by atoms with van der Waals surface area (Å²) >= 11 is 0. The average molecular weight is 342 g/mol. The Morgan fingerprint density at radius 1 is 1.24 bits per heavy atom. The summed E-state index contributed by atoms with van der Waals surface area (Å²) in [4.78, 5) is 4.50. The summed E-state index contributed by atoms with van der Waals surface area (Å²) in [6.45, 7) is 6.78. The molecule has 0 spiro atoms. The lowest BCUT2D eigenvalue weighted by Gasteiger charge is -2.24. The number of nitrogens with zero attached hydrogens (tertiary/aromatic N) is 3. The number of nitrogens with one attached hydrogen (secondary N) is 1. The number of pyridine rings is 1. The number of aromatic nitrogens is 3. The van der Waals surface area contributed by atoms with E-state index < -0.39 is 5.60 Å². The Bertz CT molecular complexity index is 855. The first kappa shape index (κ1) is 17.5. The molecule has 0 fully saturated rings. The summed E-state index contributed by atoms with van der Waals surface area (Å²) in [5.41, 5.74) is 1.49. The third-order valence-electron chi connectivity index (χ3n) is 4.24. The minimum absolute atomic E-state index is 0.264. The molecular formula is C19H23FN4O. The first-order chi connectivity index (χ1) is 11.9. The van der Waals surface area contributed by atoms with Gasteiger partial charge in [0.05, 0.1) is 11.8 Å². The molecule has 2 N–H and O–H groups in total. The summed E-state index contributed by atoms with van der Waals surface area (Å²) in [5.74, 6) is -0.311. The Hall–Kier alpha value is -2.31. The van der Waals surface area contributed by atoms with Crippen molar-refractivity contribution in [2.75, 3.05) is 6.54 Å². The number of hydrogen-bond donors (Lipinski definition) is 2. The molecule has 0 aliphatic rings. The largest absolute Gasteiger partial charge is 0.384 e. The van der Waals surface area contributed by atoms with E-state index in [0.29, 0.717) is 18.7 Å². The molecule has 6 heteroatoms. The highest BCUT2D eigenvalue weighted by Crippen LogP contribution is 2.20. The van der Waals surface area contributed by atoms with Crippen LogP contribution in [0.4, 0.5) is 4.39 Å². The van der Waals surface area contributed by atoms with Crippen LogP contribution in [0, 0.1) is 5.82 Å². The minimum Gasteiger partial charge on any atom is -0.384 e. The maximum atomic E-state index is 13.0. The zero-order valence-electron chi connectivity index (χ0n) is 14.7. The van der Waals surface area contributed by atoms with Crippen LogP contribution in [0.1, 0.15) is 37.9 Å². The maximum Gasteiger partial charge on any atom is 0.157 e. The molecule has 132 valence electrons. The maximum absolute atomic E-state index is 13.0. The molecule has 1 aromatic carbocycles. The molecule has 0 radical (unpaired) electrons. The van der Waals surface area contributed by atoms with Crippen molar-refractivity contribution < 1.29 is 9.50 Å². The van der Waals surface area contributed by atoms with Crippen LogP contribution in [0.5, 0.6) is 0 Å². The molecule has 25 heavy (non-hydrogen) atoms. The van der Waals surface area contributed by atoms with Crippen LogP contribution in [0.2, 0.25) is 0 Å².